The number of aromatic nitrogens is 1. The van der Waals surface area contributed by atoms with Crippen LogP contribution < -0.4 is 5.32 Å². The van der Waals surface area contributed by atoms with Gasteiger partial charge in [-0.25, -0.2) is 13.4 Å². The Kier molecular flexibility index (Phi) is 6.50. The first-order valence-corrected chi connectivity index (χ1v) is 12.6. The molecule has 6 nitrogen and oxygen atoms in total. The van der Waals surface area contributed by atoms with Gasteiger partial charge in [0.1, 0.15) is 5.01 Å². The summed E-state index contributed by atoms with van der Waals surface area (Å²) < 4.78 is 27.3. The van der Waals surface area contributed by atoms with E-state index in [0.29, 0.717) is 30.4 Å². The van der Waals surface area contributed by atoms with E-state index < -0.39 is 10.0 Å². The highest BCUT2D eigenvalue weighted by Crippen LogP contribution is 2.25. The number of rotatable bonds is 6. The van der Waals surface area contributed by atoms with Crippen LogP contribution in [0, 0.1) is 5.92 Å². The predicted octanol–water partition coefficient (Wildman–Crippen LogP) is 4.41. The highest BCUT2D eigenvalue weighted by molar-refractivity contribution is 7.89. The molecule has 1 fully saturated rings. The van der Waals surface area contributed by atoms with Crippen LogP contribution in [0.15, 0.2) is 64.9 Å². The lowest BCUT2D eigenvalue weighted by molar-refractivity contribution is -0.115. The van der Waals surface area contributed by atoms with Crippen LogP contribution >= 0.6 is 11.3 Å². The second-order valence-electron chi connectivity index (χ2n) is 7.87. The number of anilines is 1. The van der Waals surface area contributed by atoms with Crippen molar-refractivity contribution in [2.45, 2.75) is 31.1 Å². The summed E-state index contributed by atoms with van der Waals surface area (Å²) >= 11 is 1.51. The zero-order chi connectivity index (χ0) is 21.8. The monoisotopic (exact) mass is 455 g/mol. The van der Waals surface area contributed by atoms with E-state index in [1.165, 1.54) is 11.3 Å². The first-order chi connectivity index (χ1) is 14.9. The molecule has 0 radical (unpaired) electrons. The minimum Gasteiger partial charge on any atom is -0.326 e. The van der Waals surface area contributed by atoms with Gasteiger partial charge in [0.05, 0.1) is 17.0 Å². The van der Waals surface area contributed by atoms with Crippen molar-refractivity contribution in [2.24, 2.45) is 5.92 Å². The summed E-state index contributed by atoms with van der Waals surface area (Å²) in [5, 5.41) is 5.59. The highest BCUT2D eigenvalue weighted by atomic mass is 32.2. The normalized spacial score (nSPS) is 17.4. The molecule has 162 valence electrons. The predicted molar refractivity (Wildman–Crippen MR) is 123 cm³/mol. The van der Waals surface area contributed by atoms with Crippen molar-refractivity contribution in [3.05, 3.63) is 65.7 Å². The van der Waals surface area contributed by atoms with Crippen molar-refractivity contribution in [1.29, 1.82) is 0 Å². The second-order valence-corrected chi connectivity index (χ2v) is 10.7. The molecule has 1 saturated heterocycles. The molecule has 8 heteroatoms. The molecule has 1 aromatic heterocycles. The Morgan fingerprint density at radius 2 is 1.90 bits per heavy atom. The fourth-order valence-electron chi connectivity index (χ4n) is 3.70. The number of benzene rings is 2. The molecule has 0 aliphatic carbocycles. The number of hydrogen-bond donors (Lipinski definition) is 1. The Labute approximate surface area is 187 Å². The SMILES string of the molecule is CC1CCCN(S(=O)(=O)c2ccc(NC(=O)Cc3csc(-c4ccccc4)n3)cc2)C1. The van der Waals surface area contributed by atoms with Gasteiger partial charge >= 0.3 is 0 Å². The number of sulfonamides is 1. The Morgan fingerprint density at radius 3 is 2.61 bits per heavy atom. The van der Waals surface area contributed by atoms with Gasteiger partial charge < -0.3 is 5.32 Å². The quantitative estimate of drug-likeness (QED) is 0.597. The fraction of sp³-hybridized carbons (Fsp3) is 0.304. The van der Waals surface area contributed by atoms with Crippen LogP contribution in [-0.4, -0.2) is 36.7 Å². The summed E-state index contributed by atoms with van der Waals surface area (Å²) in [5.41, 5.74) is 2.30. The molecule has 31 heavy (non-hydrogen) atoms. The third-order valence-electron chi connectivity index (χ3n) is 5.31. The van der Waals surface area contributed by atoms with E-state index in [1.807, 2.05) is 35.7 Å². The van der Waals surface area contributed by atoms with Gasteiger partial charge in [-0.1, -0.05) is 37.3 Å². The maximum atomic E-state index is 12.9. The molecule has 0 spiro atoms. The number of nitrogens with zero attached hydrogens (tertiary/aromatic N) is 2. The van der Waals surface area contributed by atoms with Gasteiger partial charge in [-0.05, 0) is 43.0 Å². The van der Waals surface area contributed by atoms with Crippen LogP contribution in [-0.2, 0) is 21.2 Å². The van der Waals surface area contributed by atoms with Crippen molar-refractivity contribution < 1.29 is 13.2 Å². The van der Waals surface area contributed by atoms with Crippen LogP contribution in [0.3, 0.4) is 0 Å². The highest BCUT2D eigenvalue weighted by Gasteiger charge is 2.28. The zero-order valence-electron chi connectivity index (χ0n) is 17.3. The number of amides is 1. The third kappa shape index (κ3) is 5.20. The van der Waals surface area contributed by atoms with E-state index >= 15 is 0 Å². The Hall–Kier alpha value is -2.55. The van der Waals surface area contributed by atoms with Gasteiger partial charge in [0.2, 0.25) is 15.9 Å². The van der Waals surface area contributed by atoms with Crippen molar-refractivity contribution in [3.63, 3.8) is 0 Å². The summed E-state index contributed by atoms with van der Waals surface area (Å²) in [6, 6.07) is 16.2. The van der Waals surface area contributed by atoms with Gasteiger partial charge in [0.25, 0.3) is 0 Å². The lowest BCUT2D eigenvalue weighted by Crippen LogP contribution is -2.39. The molecule has 1 atom stereocenters. The fourth-order valence-corrected chi connectivity index (χ4v) is 6.12. The maximum absolute atomic E-state index is 12.9. The first kappa shape index (κ1) is 21.7. The summed E-state index contributed by atoms with van der Waals surface area (Å²) in [6.45, 7) is 3.19. The average Bonchev–Trinajstić information content (AvgIpc) is 3.23. The number of thiazole rings is 1. The smallest absolute Gasteiger partial charge is 0.243 e. The number of carbonyl (C=O) groups is 1. The van der Waals surface area contributed by atoms with Crippen LogP contribution in [0.5, 0.6) is 0 Å². The number of carbonyl (C=O) groups excluding carboxylic acids is 1. The van der Waals surface area contributed by atoms with Gasteiger partial charge in [0, 0.05) is 29.7 Å². The van der Waals surface area contributed by atoms with E-state index in [4.69, 9.17) is 0 Å². The lowest BCUT2D eigenvalue weighted by Gasteiger charge is -2.30. The van der Waals surface area contributed by atoms with E-state index in [1.54, 1.807) is 28.6 Å². The molecule has 0 saturated carbocycles. The molecular weight excluding hydrogens is 430 g/mol. The van der Waals surface area contributed by atoms with E-state index in [9.17, 15) is 13.2 Å². The van der Waals surface area contributed by atoms with Crippen molar-refractivity contribution >= 4 is 33.0 Å². The third-order valence-corrected chi connectivity index (χ3v) is 8.13. The molecule has 1 aliphatic heterocycles. The number of hydrogen-bond acceptors (Lipinski definition) is 5. The van der Waals surface area contributed by atoms with Gasteiger partial charge in [-0.2, -0.15) is 4.31 Å². The molecule has 1 amide bonds. The number of piperidine rings is 1. The maximum Gasteiger partial charge on any atom is 0.243 e. The van der Waals surface area contributed by atoms with Crippen LogP contribution in [0.4, 0.5) is 5.69 Å². The molecule has 1 unspecified atom stereocenters. The largest absolute Gasteiger partial charge is 0.326 e. The molecular formula is C23H25N3O3S2. The first-order valence-electron chi connectivity index (χ1n) is 10.3. The minimum absolute atomic E-state index is 0.162. The van der Waals surface area contributed by atoms with E-state index in [0.717, 1.165) is 23.4 Å². The Bertz CT molecular complexity index is 1140. The minimum atomic E-state index is -3.50. The summed E-state index contributed by atoms with van der Waals surface area (Å²) in [6.07, 6.45) is 2.11. The van der Waals surface area contributed by atoms with Gasteiger partial charge in [0.15, 0.2) is 0 Å². The van der Waals surface area contributed by atoms with E-state index in [-0.39, 0.29) is 17.2 Å². The zero-order valence-corrected chi connectivity index (χ0v) is 19.0. The van der Waals surface area contributed by atoms with E-state index in [2.05, 4.69) is 17.2 Å². The van der Waals surface area contributed by atoms with Crippen LogP contribution in [0.1, 0.15) is 25.5 Å². The molecule has 3 aromatic rings. The molecule has 1 aliphatic rings. The summed E-state index contributed by atoms with van der Waals surface area (Å²) in [7, 11) is -3.50. The van der Waals surface area contributed by atoms with Crippen molar-refractivity contribution in [3.8, 4) is 10.6 Å². The standard InChI is InChI=1S/C23H25N3O3S2/c1-17-6-5-13-26(15-17)31(28,29)21-11-9-19(10-12-21)24-22(27)14-20-16-30-23(25-20)18-7-3-2-4-8-18/h2-4,7-12,16-17H,5-6,13-15H2,1H3,(H,24,27). The molecule has 4 rings (SSSR count). The molecule has 0 bridgehead atoms. The lowest BCUT2D eigenvalue weighted by atomic mass is 10.0. The topological polar surface area (TPSA) is 79.4 Å². The van der Waals surface area contributed by atoms with Crippen molar-refractivity contribution in [1.82, 2.24) is 9.29 Å². The summed E-state index contributed by atoms with van der Waals surface area (Å²) in [4.78, 5) is 17.2. The van der Waals surface area contributed by atoms with Crippen LogP contribution in [0.2, 0.25) is 0 Å². The molecule has 2 aromatic carbocycles. The van der Waals surface area contributed by atoms with Crippen LogP contribution in [0.25, 0.3) is 10.6 Å². The Balaban J connectivity index is 1.38. The summed E-state index contributed by atoms with van der Waals surface area (Å²) in [5.74, 6) is 0.181. The van der Waals surface area contributed by atoms with Crippen molar-refractivity contribution in [2.75, 3.05) is 18.4 Å². The Morgan fingerprint density at radius 1 is 1.16 bits per heavy atom. The molecule has 2 heterocycles. The number of nitrogens with one attached hydrogen (secondary N) is 1. The van der Waals surface area contributed by atoms with Gasteiger partial charge in [-0.15, -0.1) is 11.3 Å². The molecule has 1 N–H and O–H groups in total. The second kappa shape index (κ2) is 9.30. The van der Waals surface area contributed by atoms with Gasteiger partial charge in [-0.3, -0.25) is 4.79 Å². The average molecular weight is 456 g/mol.